The molecule has 1 aliphatic heterocycles. The monoisotopic (exact) mass is 289 g/mol. The second kappa shape index (κ2) is 7.43. The number of aryl methyl sites for hydroxylation is 2. The Kier molecular flexibility index (Phi) is 6.57. The van der Waals surface area contributed by atoms with Gasteiger partial charge < -0.3 is 5.73 Å². The molecular weight excluding hydrogens is 266 g/mol. The highest BCUT2D eigenvalue weighted by atomic mass is 35.5. The predicted molar refractivity (Wildman–Crippen MR) is 80.5 cm³/mol. The average molecular weight is 290 g/mol. The molecule has 1 saturated heterocycles. The quantitative estimate of drug-likeness (QED) is 0.927. The van der Waals surface area contributed by atoms with E-state index in [4.69, 9.17) is 5.73 Å². The lowest BCUT2D eigenvalue weighted by Crippen LogP contribution is -2.35. The van der Waals surface area contributed by atoms with Gasteiger partial charge in [0.25, 0.3) is 0 Å². The van der Waals surface area contributed by atoms with Gasteiger partial charge in [-0.15, -0.1) is 23.7 Å². The Bertz CT molecular complexity index is 365. The Morgan fingerprint density at radius 2 is 2.22 bits per heavy atom. The lowest BCUT2D eigenvalue weighted by Gasteiger charge is -2.32. The molecule has 1 fully saturated rings. The third-order valence-corrected chi connectivity index (χ3v) is 4.60. The van der Waals surface area contributed by atoms with E-state index in [0.717, 1.165) is 19.0 Å². The van der Waals surface area contributed by atoms with E-state index in [-0.39, 0.29) is 12.4 Å². The van der Waals surface area contributed by atoms with Gasteiger partial charge in [0.1, 0.15) is 0 Å². The molecule has 1 atom stereocenters. The average Bonchev–Trinajstić information content (AvgIpc) is 2.58. The summed E-state index contributed by atoms with van der Waals surface area (Å²) in [7, 11) is 0. The van der Waals surface area contributed by atoms with Gasteiger partial charge in [-0.1, -0.05) is 0 Å². The van der Waals surface area contributed by atoms with Crippen LogP contribution in [0.1, 0.15) is 34.8 Å². The maximum absolute atomic E-state index is 5.66. The van der Waals surface area contributed by atoms with Crippen molar-refractivity contribution in [2.24, 2.45) is 11.7 Å². The molecule has 1 aliphatic rings. The first kappa shape index (κ1) is 15.9. The predicted octanol–water partition coefficient (Wildman–Crippen LogP) is 2.74. The zero-order valence-electron chi connectivity index (χ0n) is 11.3. The zero-order chi connectivity index (χ0) is 12.3. The molecule has 0 aliphatic carbocycles. The minimum absolute atomic E-state index is 0. The highest BCUT2D eigenvalue weighted by Crippen LogP contribution is 2.24. The fourth-order valence-corrected chi connectivity index (χ4v) is 3.67. The van der Waals surface area contributed by atoms with Crippen molar-refractivity contribution in [3.63, 3.8) is 0 Å². The Labute approximate surface area is 120 Å². The number of likely N-dealkylation sites (tertiary alicyclic amines) is 1. The van der Waals surface area contributed by atoms with Crippen molar-refractivity contribution in [3.05, 3.63) is 15.6 Å². The highest BCUT2D eigenvalue weighted by molar-refractivity contribution is 7.11. The Morgan fingerprint density at radius 3 is 2.83 bits per heavy atom. The summed E-state index contributed by atoms with van der Waals surface area (Å²) in [5, 5.41) is 1.19. The standard InChI is InChI=1S/C13H23N3S.ClH/c1-10-13(17-11(2)15-10)9-16-7-3-4-12(8-16)5-6-14;/h12H,3-9,14H2,1-2H3;1H. The van der Waals surface area contributed by atoms with E-state index in [1.165, 1.54) is 47.9 Å². The van der Waals surface area contributed by atoms with E-state index >= 15 is 0 Å². The van der Waals surface area contributed by atoms with E-state index in [0.29, 0.717) is 0 Å². The van der Waals surface area contributed by atoms with Crippen LogP contribution in [0.25, 0.3) is 0 Å². The number of nitrogens with two attached hydrogens (primary N) is 1. The SMILES string of the molecule is Cc1nc(C)c(CN2CCCC(CCN)C2)s1.Cl. The van der Waals surface area contributed by atoms with Gasteiger partial charge >= 0.3 is 0 Å². The third kappa shape index (κ3) is 4.19. The van der Waals surface area contributed by atoms with Gasteiger partial charge in [-0.2, -0.15) is 0 Å². The summed E-state index contributed by atoms with van der Waals surface area (Å²) in [6, 6.07) is 0. The zero-order valence-corrected chi connectivity index (χ0v) is 12.9. The van der Waals surface area contributed by atoms with Crippen molar-refractivity contribution in [1.29, 1.82) is 0 Å². The van der Waals surface area contributed by atoms with Crippen LogP contribution in [0.2, 0.25) is 0 Å². The van der Waals surface area contributed by atoms with Crippen LogP contribution in [0, 0.1) is 19.8 Å². The molecule has 1 aromatic heterocycles. The van der Waals surface area contributed by atoms with E-state index in [9.17, 15) is 0 Å². The number of aromatic nitrogens is 1. The maximum Gasteiger partial charge on any atom is 0.0900 e. The van der Waals surface area contributed by atoms with Crippen LogP contribution in [0.15, 0.2) is 0 Å². The van der Waals surface area contributed by atoms with Crippen molar-refractivity contribution in [1.82, 2.24) is 9.88 Å². The number of rotatable bonds is 4. The summed E-state index contributed by atoms with van der Waals surface area (Å²) in [6.07, 6.45) is 3.85. The summed E-state index contributed by atoms with van der Waals surface area (Å²) >= 11 is 1.85. The van der Waals surface area contributed by atoms with E-state index in [1.807, 2.05) is 11.3 Å². The van der Waals surface area contributed by atoms with E-state index in [2.05, 4.69) is 23.7 Å². The van der Waals surface area contributed by atoms with Crippen LogP contribution in [0.3, 0.4) is 0 Å². The molecular formula is C13H24ClN3S. The van der Waals surface area contributed by atoms with Gasteiger partial charge in [-0.25, -0.2) is 4.98 Å². The van der Waals surface area contributed by atoms with Crippen LogP contribution in [-0.4, -0.2) is 29.5 Å². The topological polar surface area (TPSA) is 42.2 Å². The summed E-state index contributed by atoms with van der Waals surface area (Å²) in [4.78, 5) is 8.52. The van der Waals surface area contributed by atoms with E-state index in [1.54, 1.807) is 0 Å². The second-order valence-electron chi connectivity index (χ2n) is 5.06. The lowest BCUT2D eigenvalue weighted by molar-refractivity contribution is 0.164. The smallest absolute Gasteiger partial charge is 0.0900 e. The third-order valence-electron chi connectivity index (χ3n) is 3.54. The van der Waals surface area contributed by atoms with Crippen LogP contribution in [0.5, 0.6) is 0 Å². The number of thiazole rings is 1. The molecule has 5 heteroatoms. The molecule has 0 bridgehead atoms. The number of nitrogens with zero attached hydrogens (tertiary/aromatic N) is 2. The van der Waals surface area contributed by atoms with Gasteiger partial charge in [0.15, 0.2) is 0 Å². The number of hydrogen-bond donors (Lipinski definition) is 1. The van der Waals surface area contributed by atoms with Crippen molar-refractivity contribution in [2.45, 2.75) is 39.7 Å². The molecule has 3 nitrogen and oxygen atoms in total. The van der Waals surface area contributed by atoms with Crippen molar-refractivity contribution < 1.29 is 0 Å². The minimum atomic E-state index is 0. The molecule has 0 spiro atoms. The van der Waals surface area contributed by atoms with Gasteiger partial charge in [0, 0.05) is 18.0 Å². The number of hydrogen-bond acceptors (Lipinski definition) is 4. The molecule has 0 amide bonds. The van der Waals surface area contributed by atoms with Gasteiger partial charge in [0.2, 0.25) is 0 Å². The van der Waals surface area contributed by atoms with Crippen LogP contribution < -0.4 is 5.73 Å². The molecule has 1 aromatic rings. The van der Waals surface area contributed by atoms with Gasteiger partial charge in [-0.05, 0) is 52.1 Å². The van der Waals surface area contributed by atoms with Crippen molar-refractivity contribution in [3.8, 4) is 0 Å². The van der Waals surface area contributed by atoms with E-state index < -0.39 is 0 Å². The first-order valence-corrected chi connectivity index (χ1v) is 7.36. The fraction of sp³-hybridized carbons (Fsp3) is 0.769. The molecule has 18 heavy (non-hydrogen) atoms. The van der Waals surface area contributed by atoms with Gasteiger partial charge in [-0.3, -0.25) is 4.90 Å². The fourth-order valence-electron chi connectivity index (χ4n) is 2.69. The number of piperidine rings is 1. The molecule has 2 heterocycles. The molecule has 1 unspecified atom stereocenters. The largest absolute Gasteiger partial charge is 0.330 e. The highest BCUT2D eigenvalue weighted by Gasteiger charge is 2.20. The Hall–Kier alpha value is -0.160. The summed E-state index contributed by atoms with van der Waals surface area (Å²) in [5.41, 5.74) is 6.87. The Balaban J connectivity index is 0.00000162. The van der Waals surface area contributed by atoms with Crippen LogP contribution in [-0.2, 0) is 6.54 Å². The Morgan fingerprint density at radius 1 is 1.44 bits per heavy atom. The molecule has 104 valence electrons. The molecule has 0 aromatic carbocycles. The first-order valence-electron chi connectivity index (χ1n) is 6.54. The van der Waals surface area contributed by atoms with Crippen LogP contribution >= 0.6 is 23.7 Å². The molecule has 0 saturated carbocycles. The van der Waals surface area contributed by atoms with Crippen molar-refractivity contribution >= 4 is 23.7 Å². The molecule has 0 radical (unpaired) electrons. The summed E-state index contributed by atoms with van der Waals surface area (Å²) < 4.78 is 0. The molecule has 2 N–H and O–H groups in total. The van der Waals surface area contributed by atoms with Crippen LogP contribution in [0.4, 0.5) is 0 Å². The van der Waals surface area contributed by atoms with Crippen molar-refractivity contribution in [2.75, 3.05) is 19.6 Å². The summed E-state index contributed by atoms with van der Waals surface area (Å²) in [6.45, 7) is 8.58. The first-order chi connectivity index (χ1) is 8.19. The lowest BCUT2D eigenvalue weighted by atomic mass is 9.95. The molecule has 2 rings (SSSR count). The maximum atomic E-state index is 5.66. The normalized spacial score (nSPS) is 20.7. The summed E-state index contributed by atoms with van der Waals surface area (Å²) in [5.74, 6) is 0.808. The second-order valence-corrected chi connectivity index (χ2v) is 6.35. The number of halogens is 1. The minimum Gasteiger partial charge on any atom is -0.330 e. The van der Waals surface area contributed by atoms with Gasteiger partial charge in [0.05, 0.1) is 10.7 Å².